The van der Waals surface area contributed by atoms with Gasteiger partial charge in [-0.25, -0.2) is 0 Å². The number of carbonyl (C=O) groups excluding carboxylic acids is 2. The molecule has 6 nitrogen and oxygen atoms in total. The van der Waals surface area contributed by atoms with E-state index in [0.717, 1.165) is 62.4 Å². The number of carbonyl (C=O) groups is 2. The highest BCUT2D eigenvalue weighted by atomic mass is 35.5. The van der Waals surface area contributed by atoms with Gasteiger partial charge in [-0.3, -0.25) is 9.59 Å². The summed E-state index contributed by atoms with van der Waals surface area (Å²) >= 11 is 0. The van der Waals surface area contributed by atoms with Crippen LogP contribution in [0.2, 0.25) is 0 Å². The second kappa shape index (κ2) is 9.63. The number of hydrogen-bond acceptors (Lipinski definition) is 4. The van der Waals surface area contributed by atoms with Gasteiger partial charge in [0.1, 0.15) is 5.75 Å². The summed E-state index contributed by atoms with van der Waals surface area (Å²) in [5.41, 5.74) is 1.99. The predicted molar refractivity (Wildman–Crippen MR) is 99.4 cm³/mol. The fourth-order valence-corrected chi connectivity index (χ4v) is 3.12. The van der Waals surface area contributed by atoms with Crippen molar-refractivity contribution in [3.8, 4) is 5.75 Å². The molecule has 1 fully saturated rings. The predicted octanol–water partition coefficient (Wildman–Crippen LogP) is 1.97. The van der Waals surface area contributed by atoms with Gasteiger partial charge in [0, 0.05) is 38.2 Å². The Balaban J connectivity index is 0.00000225. The smallest absolute Gasteiger partial charge is 0.224 e. The average molecular weight is 368 g/mol. The number of amides is 2. The number of anilines is 1. The number of halogens is 1. The first kappa shape index (κ1) is 19.5. The molecule has 2 aliphatic rings. The molecule has 0 radical (unpaired) electrons. The van der Waals surface area contributed by atoms with Crippen LogP contribution in [0.4, 0.5) is 5.69 Å². The van der Waals surface area contributed by atoms with Crippen LogP contribution in [0.3, 0.4) is 0 Å². The zero-order chi connectivity index (χ0) is 16.8. The molecule has 0 bridgehead atoms. The number of fused-ring (bicyclic) bond motifs is 1. The maximum Gasteiger partial charge on any atom is 0.224 e. The molecular formula is C18H26ClN3O3. The minimum atomic E-state index is 0. The van der Waals surface area contributed by atoms with Gasteiger partial charge in [0.25, 0.3) is 0 Å². The minimum Gasteiger partial charge on any atom is -0.494 e. The first-order valence-corrected chi connectivity index (χ1v) is 8.76. The number of nitrogens with zero attached hydrogens (tertiary/aromatic N) is 1. The second-order valence-electron chi connectivity index (χ2n) is 6.30. The molecule has 1 saturated heterocycles. The van der Waals surface area contributed by atoms with Gasteiger partial charge in [-0.05, 0) is 49.6 Å². The number of aryl methyl sites for hydroxylation is 1. The van der Waals surface area contributed by atoms with Crippen molar-refractivity contribution in [2.75, 3.05) is 38.1 Å². The molecule has 1 aromatic rings. The molecule has 0 atom stereocenters. The number of benzene rings is 1. The quantitative estimate of drug-likeness (QED) is 0.781. The van der Waals surface area contributed by atoms with Gasteiger partial charge in [-0.15, -0.1) is 12.4 Å². The lowest BCUT2D eigenvalue weighted by molar-refractivity contribution is -0.131. The summed E-state index contributed by atoms with van der Waals surface area (Å²) in [5.74, 6) is 1.09. The Bertz CT molecular complexity index is 601. The maximum absolute atomic E-state index is 12.2. The van der Waals surface area contributed by atoms with Gasteiger partial charge in [0.05, 0.1) is 6.61 Å². The van der Waals surface area contributed by atoms with Gasteiger partial charge < -0.3 is 20.3 Å². The van der Waals surface area contributed by atoms with Gasteiger partial charge in [-0.1, -0.05) is 0 Å². The molecule has 1 aromatic carbocycles. The Morgan fingerprint density at radius 3 is 2.96 bits per heavy atom. The fraction of sp³-hybridized carbons (Fsp3) is 0.556. The molecule has 138 valence electrons. The van der Waals surface area contributed by atoms with Crippen LogP contribution in [0.25, 0.3) is 0 Å². The first-order chi connectivity index (χ1) is 11.7. The lowest BCUT2D eigenvalue weighted by atomic mass is 10.0. The Hall–Kier alpha value is -1.79. The van der Waals surface area contributed by atoms with Crippen molar-refractivity contribution in [3.05, 3.63) is 23.8 Å². The zero-order valence-corrected chi connectivity index (χ0v) is 15.2. The van der Waals surface area contributed by atoms with Gasteiger partial charge in [0.15, 0.2) is 0 Å². The van der Waals surface area contributed by atoms with Crippen molar-refractivity contribution in [3.63, 3.8) is 0 Å². The highest BCUT2D eigenvalue weighted by molar-refractivity contribution is 5.94. The molecule has 25 heavy (non-hydrogen) atoms. The average Bonchev–Trinajstić information content (AvgIpc) is 2.88. The number of nitrogens with one attached hydrogen (secondary N) is 2. The third-order valence-corrected chi connectivity index (χ3v) is 4.47. The largest absolute Gasteiger partial charge is 0.494 e. The summed E-state index contributed by atoms with van der Waals surface area (Å²) in [6.45, 7) is 4.06. The molecule has 0 unspecified atom stereocenters. The minimum absolute atomic E-state index is 0. The summed E-state index contributed by atoms with van der Waals surface area (Å²) in [4.78, 5) is 25.5. The molecule has 2 heterocycles. The molecule has 3 rings (SSSR count). The Labute approximate surface area is 154 Å². The SMILES string of the molecule is Cl.O=C1CCc2cc(OCCCC(=O)N3CCCNCC3)ccc2N1. The van der Waals surface area contributed by atoms with Crippen molar-refractivity contribution in [1.82, 2.24) is 10.2 Å². The van der Waals surface area contributed by atoms with Crippen LogP contribution in [0.1, 0.15) is 31.2 Å². The lowest BCUT2D eigenvalue weighted by Crippen LogP contribution is -2.34. The third-order valence-electron chi connectivity index (χ3n) is 4.47. The monoisotopic (exact) mass is 367 g/mol. The van der Waals surface area contributed by atoms with Crippen LogP contribution in [-0.2, 0) is 16.0 Å². The van der Waals surface area contributed by atoms with E-state index in [4.69, 9.17) is 4.74 Å². The van der Waals surface area contributed by atoms with E-state index in [1.807, 2.05) is 23.1 Å². The second-order valence-corrected chi connectivity index (χ2v) is 6.30. The van der Waals surface area contributed by atoms with E-state index in [9.17, 15) is 9.59 Å². The van der Waals surface area contributed by atoms with E-state index >= 15 is 0 Å². The summed E-state index contributed by atoms with van der Waals surface area (Å²) in [6, 6.07) is 5.74. The highest BCUT2D eigenvalue weighted by Crippen LogP contribution is 2.26. The van der Waals surface area contributed by atoms with Gasteiger partial charge in [-0.2, -0.15) is 0 Å². The van der Waals surface area contributed by atoms with E-state index < -0.39 is 0 Å². The Kier molecular flexibility index (Phi) is 7.52. The van der Waals surface area contributed by atoms with Crippen molar-refractivity contribution >= 4 is 29.9 Å². The van der Waals surface area contributed by atoms with Crippen molar-refractivity contribution < 1.29 is 14.3 Å². The van der Waals surface area contributed by atoms with Crippen LogP contribution in [-0.4, -0.2) is 49.5 Å². The Morgan fingerprint density at radius 1 is 1.20 bits per heavy atom. The number of hydrogen-bond donors (Lipinski definition) is 2. The van der Waals surface area contributed by atoms with E-state index in [1.165, 1.54) is 0 Å². The molecule has 0 aromatic heterocycles. The van der Waals surface area contributed by atoms with Crippen LogP contribution in [0.5, 0.6) is 5.75 Å². The molecule has 7 heteroatoms. The molecule has 0 saturated carbocycles. The highest BCUT2D eigenvalue weighted by Gasteiger charge is 2.16. The van der Waals surface area contributed by atoms with Crippen LogP contribution < -0.4 is 15.4 Å². The van der Waals surface area contributed by atoms with Crippen LogP contribution in [0.15, 0.2) is 18.2 Å². The molecule has 0 aliphatic carbocycles. The summed E-state index contributed by atoms with van der Waals surface area (Å²) in [7, 11) is 0. The van der Waals surface area contributed by atoms with Gasteiger partial charge in [0.2, 0.25) is 11.8 Å². The van der Waals surface area contributed by atoms with Crippen molar-refractivity contribution in [1.29, 1.82) is 0 Å². The number of rotatable bonds is 5. The summed E-state index contributed by atoms with van der Waals surface area (Å²) < 4.78 is 5.77. The Morgan fingerprint density at radius 2 is 2.08 bits per heavy atom. The molecule has 2 N–H and O–H groups in total. The van der Waals surface area contributed by atoms with Crippen molar-refractivity contribution in [2.24, 2.45) is 0 Å². The first-order valence-electron chi connectivity index (χ1n) is 8.76. The standard InChI is InChI=1S/C18H25N3O3.ClH/c22-17-7-4-14-13-15(5-6-16(14)20-17)24-12-1-3-18(23)21-10-2-8-19-9-11-21;/h5-6,13,19H,1-4,7-12H2,(H,20,22);1H. The fourth-order valence-electron chi connectivity index (χ4n) is 3.12. The lowest BCUT2D eigenvalue weighted by Gasteiger charge is -2.20. The molecule has 0 spiro atoms. The molecule has 2 amide bonds. The maximum atomic E-state index is 12.2. The van der Waals surface area contributed by atoms with Crippen LogP contribution in [0, 0.1) is 0 Å². The van der Waals surface area contributed by atoms with E-state index in [1.54, 1.807) is 0 Å². The molecular weight excluding hydrogens is 342 g/mol. The molecule has 2 aliphatic heterocycles. The summed E-state index contributed by atoms with van der Waals surface area (Å²) in [5, 5.41) is 6.16. The zero-order valence-electron chi connectivity index (χ0n) is 14.4. The summed E-state index contributed by atoms with van der Waals surface area (Å²) in [6.07, 6.45) is 3.54. The van der Waals surface area contributed by atoms with Crippen LogP contribution >= 0.6 is 12.4 Å². The third kappa shape index (κ3) is 5.61. The van der Waals surface area contributed by atoms with E-state index in [2.05, 4.69) is 10.6 Å². The topological polar surface area (TPSA) is 70.7 Å². The van der Waals surface area contributed by atoms with Crippen molar-refractivity contribution in [2.45, 2.75) is 32.1 Å². The van der Waals surface area contributed by atoms with E-state index in [0.29, 0.717) is 19.4 Å². The van der Waals surface area contributed by atoms with Gasteiger partial charge >= 0.3 is 0 Å². The van der Waals surface area contributed by atoms with E-state index in [-0.39, 0.29) is 24.2 Å². The number of ether oxygens (including phenoxy) is 1. The normalized spacial score (nSPS) is 17.0.